The Balaban J connectivity index is 2.79. The van der Waals surface area contributed by atoms with Gasteiger partial charge in [-0.2, -0.15) is 0 Å². The molecule has 0 aromatic heterocycles. The van der Waals surface area contributed by atoms with E-state index in [4.69, 9.17) is 10.8 Å². The minimum Gasteiger partial charge on any atom is -0.481 e. The second kappa shape index (κ2) is 4.97. The maximum Gasteiger partial charge on any atom is 0.303 e. The molecule has 3 N–H and O–H groups in total. The summed E-state index contributed by atoms with van der Waals surface area (Å²) in [6.07, 6.45) is 4.34. The van der Waals surface area contributed by atoms with Crippen molar-refractivity contribution >= 4 is 5.97 Å². The Labute approximate surface area is 105 Å². The lowest BCUT2D eigenvalue weighted by atomic mass is 9.58. The highest BCUT2D eigenvalue weighted by molar-refractivity contribution is 5.68. The predicted octanol–water partition coefficient (Wildman–Crippen LogP) is 3.03. The van der Waals surface area contributed by atoms with Crippen molar-refractivity contribution in [1.82, 2.24) is 0 Å². The van der Waals surface area contributed by atoms with Gasteiger partial charge in [-0.15, -0.1) is 0 Å². The smallest absolute Gasteiger partial charge is 0.303 e. The van der Waals surface area contributed by atoms with Gasteiger partial charge in [-0.25, -0.2) is 0 Å². The number of hydrogen-bond acceptors (Lipinski definition) is 2. The summed E-state index contributed by atoms with van der Waals surface area (Å²) in [5, 5.41) is 9.11. The molecular formula is C14H27NO2. The van der Waals surface area contributed by atoms with E-state index in [1.807, 2.05) is 13.8 Å². The van der Waals surface area contributed by atoms with Crippen LogP contribution in [-0.4, -0.2) is 16.6 Å². The summed E-state index contributed by atoms with van der Waals surface area (Å²) in [6, 6.07) is 0. The lowest BCUT2D eigenvalue weighted by Crippen LogP contribution is -2.53. The van der Waals surface area contributed by atoms with E-state index < -0.39 is 11.5 Å². The van der Waals surface area contributed by atoms with Crippen molar-refractivity contribution in [2.45, 2.75) is 65.3 Å². The van der Waals surface area contributed by atoms with Crippen molar-refractivity contribution in [3.8, 4) is 0 Å². The van der Waals surface area contributed by atoms with Crippen LogP contribution in [0.15, 0.2) is 0 Å². The molecular weight excluding hydrogens is 214 g/mol. The largest absolute Gasteiger partial charge is 0.481 e. The van der Waals surface area contributed by atoms with Crippen molar-refractivity contribution in [3.63, 3.8) is 0 Å². The fourth-order valence-corrected chi connectivity index (χ4v) is 3.20. The van der Waals surface area contributed by atoms with Gasteiger partial charge in [0.25, 0.3) is 0 Å². The van der Waals surface area contributed by atoms with Gasteiger partial charge in [-0.05, 0) is 56.8 Å². The number of carbonyl (C=O) groups is 1. The Hall–Kier alpha value is -0.570. The van der Waals surface area contributed by atoms with Crippen LogP contribution in [0, 0.1) is 17.3 Å². The topological polar surface area (TPSA) is 63.3 Å². The maximum atomic E-state index is 11.1. The molecule has 0 amide bonds. The third-order valence-electron chi connectivity index (χ3n) is 4.79. The van der Waals surface area contributed by atoms with Crippen molar-refractivity contribution < 1.29 is 9.90 Å². The molecule has 1 rings (SSSR count). The fraction of sp³-hybridized carbons (Fsp3) is 0.929. The number of rotatable bonds is 4. The molecule has 1 aliphatic carbocycles. The molecule has 0 bridgehead atoms. The summed E-state index contributed by atoms with van der Waals surface area (Å²) in [6.45, 7) is 8.46. The van der Waals surface area contributed by atoms with Crippen LogP contribution in [0.2, 0.25) is 0 Å². The Morgan fingerprint density at radius 1 is 1.41 bits per heavy atom. The first kappa shape index (κ1) is 14.5. The van der Waals surface area contributed by atoms with Gasteiger partial charge in [0.05, 0.1) is 6.42 Å². The van der Waals surface area contributed by atoms with Crippen molar-refractivity contribution in [2.24, 2.45) is 23.0 Å². The molecule has 0 atom stereocenters. The van der Waals surface area contributed by atoms with E-state index >= 15 is 0 Å². The first-order valence-corrected chi connectivity index (χ1v) is 6.69. The van der Waals surface area contributed by atoms with Crippen molar-refractivity contribution in [1.29, 1.82) is 0 Å². The van der Waals surface area contributed by atoms with E-state index in [2.05, 4.69) is 13.8 Å². The zero-order chi connectivity index (χ0) is 13.3. The van der Waals surface area contributed by atoms with Crippen LogP contribution in [0.5, 0.6) is 0 Å². The highest BCUT2D eigenvalue weighted by atomic mass is 16.4. The summed E-state index contributed by atoms with van der Waals surface area (Å²) >= 11 is 0. The molecule has 0 saturated heterocycles. The van der Waals surface area contributed by atoms with Crippen LogP contribution in [0.25, 0.3) is 0 Å². The van der Waals surface area contributed by atoms with E-state index in [1.165, 1.54) is 0 Å². The molecule has 0 radical (unpaired) electrons. The van der Waals surface area contributed by atoms with E-state index in [0.717, 1.165) is 31.6 Å². The molecule has 3 heteroatoms. The van der Waals surface area contributed by atoms with Gasteiger partial charge in [0, 0.05) is 5.54 Å². The lowest BCUT2D eigenvalue weighted by molar-refractivity contribution is -0.142. The normalized spacial score (nSPS) is 30.6. The molecule has 3 nitrogen and oxygen atoms in total. The maximum absolute atomic E-state index is 11.1. The Morgan fingerprint density at radius 2 is 1.88 bits per heavy atom. The zero-order valence-corrected chi connectivity index (χ0v) is 11.6. The van der Waals surface area contributed by atoms with Crippen molar-refractivity contribution in [2.75, 3.05) is 0 Å². The van der Waals surface area contributed by atoms with Crippen LogP contribution in [0.3, 0.4) is 0 Å². The lowest BCUT2D eigenvalue weighted by Gasteiger charge is -2.49. The summed E-state index contributed by atoms with van der Waals surface area (Å²) in [5.74, 6) is 0.713. The molecule has 1 fully saturated rings. The average molecular weight is 241 g/mol. The van der Waals surface area contributed by atoms with Crippen LogP contribution in [0.4, 0.5) is 0 Å². The molecule has 100 valence electrons. The molecule has 0 aromatic carbocycles. The van der Waals surface area contributed by atoms with Gasteiger partial charge in [-0.1, -0.05) is 13.8 Å². The van der Waals surface area contributed by atoms with Gasteiger partial charge in [-0.3, -0.25) is 4.79 Å². The summed E-state index contributed by atoms with van der Waals surface area (Å²) in [5.41, 5.74) is 5.62. The molecule has 0 aromatic rings. The molecule has 0 spiro atoms. The second-order valence-corrected chi connectivity index (χ2v) is 6.65. The number of aliphatic carboxylic acids is 1. The van der Waals surface area contributed by atoms with Gasteiger partial charge < -0.3 is 10.8 Å². The molecule has 1 aliphatic rings. The minimum absolute atomic E-state index is 0.210. The van der Waals surface area contributed by atoms with Crippen LogP contribution >= 0.6 is 0 Å². The number of nitrogens with two attached hydrogens (primary N) is 1. The summed E-state index contributed by atoms with van der Waals surface area (Å²) < 4.78 is 0. The Kier molecular flexibility index (Phi) is 4.23. The average Bonchev–Trinajstić information content (AvgIpc) is 2.15. The van der Waals surface area contributed by atoms with E-state index in [1.54, 1.807) is 0 Å². The van der Waals surface area contributed by atoms with Gasteiger partial charge in [0.2, 0.25) is 0 Å². The number of hydrogen-bond donors (Lipinski definition) is 2. The summed E-state index contributed by atoms with van der Waals surface area (Å²) in [4.78, 5) is 11.1. The van der Waals surface area contributed by atoms with Crippen LogP contribution < -0.4 is 5.73 Å². The van der Waals surface area contributed by atoms with Crippen LogP contribution in [-0.2, 0) is 4.79 Å². The van der Waals surface area contributed by atoms with E-state index in [-0.39, 0.29) is 11.8 Å². The first-order valence-electron chi connectivity index (χ1n) is 6.69. The predicted molar refractivity (Wildman–Crippen MR) is 69.7 cm³/mol. The van der Waals surface area contributed by atoms with E-state index in [0.29, 0.717) is 5.92 Å². The monoisotopic (exact) mass is 241 g/mol. The molecule has 17 heavy (non-hydrogen) atoms. The zero-order valence-electron chi connectivity index (χ0n) is 11.6. The molecule has 0 aliphatic heterocycles. The highest BCUT2D eigenvalue weighted by Crippen LogP contribution is 2.49. The van der Waals surface area contributed by atoms with Gasteiger partial charge in [0.15, 0.2) is 0 Å². The summed E-state index contributed by atoms with van der Waals surface area (Å²) in [7, 11) is 0. The highest BCUT2D eigenvalue weighted by Gasteiger charge is 2.46. The number of carboxylic acid groups (broad SMARTS) is 1. The molecule has 0 heterocycles. The van der Waals surface area contributed by atoms with E-state index in [9.17, 15) is 4.79 Å². The standard InChI is InChI=1S/C14H27NO2/c1-10(2)11-5-7-14(8-6-11,9-12(16)17)13(3,4)15/h10-11H,5-9,15H2,1-4H3,(H,16,17). The SMILES string of the molecule is CC(C)C1CCC(CC(=O)O)(C(C)(C)N)CC1. The Morgan fingerprint density at radius 3 is 2.18 bits per heavy atom. The fourth-order valence-electron chi connectivity index (χ4n) is 3.20. The minimum atomic E-state index is -0.716. The third-order valence-corrected chi connectivity index (χ3v) is 4.79. The second-order valence-electron chi connectivity index (χ2n) is 6.65. The molecule has 1 saturated carbocycles. The van der Waals surface area contributed by atoms with Crippen LogP contribution in [0.1, 0.15) is 59.8 Å². The van der Waals surface area contributed by atoms with Crippen molar-refractivity contribution in [3.05, 3.63) is 0 Å². The van der Waals surface area contributed by atoms with Gasteiger partial charge >= 0.3 is 5.97 Å². The Bertz CT molecular complexity index is 270. The molecule has 0 unspecified atom stereocenters. The quantitative estimate of drug-likeness (QED) is 0.795. The number of carboxylic acids is 1. The first-order chi connectivity index (χ1) is 7.68. The van der Waals surface area contributed by atoms with Gasteiger partial charge in [0.1, 0.15) is 0 Å². The third kappa shape index (κ3) is 3.21.